The fourth-order valence-corrected chi connectivity index (χ4v) is 6.72. The molecule has 0 unspecified atom stereocenters. The van der Waals surface area contributed by atoms with Gasteiger partial charge >= 0.3 is 0 Å². The van der Waals surface area contributed by atoms with Crippen LogP contribution in [0.2, 0.25) is 0 Å². The second kappa shape index (κ2) is 15.6. The summed E-state index contributed by atoms with van der Waals surface area (Å²) >= 11 is 5.55. The van der Waals surface area contributed by atoms with Crippen molar-refractivity contribution in [2.24, 2.45) is 0 Å². The Morgan fingerprint density at radius 1 is 0.630 bits per heavy atom. The highest BCUT2D eigenvalue weighted by molar-refractivity contribution is 8.03. The number of likely N-dealkylation sites (tertiary alicyclic amines) is 2. The molecule has 158 valence electrons. The van der Waals surface area contributed by atoms with E-state index in [1.54, 1.807) is 11.3 Å². The summed E-state index contributed by atoms with van der Waals surface area (Å²) < 4.78 is 2.29. The van der Waals surface area contributed by atoms with Gasteiger partial charge in [0.05, 0.1) is 0 Å². The fourth-order valence-electron chi connectivity index (χ4n) is 3.56. The first kappa shape index (κ1) is 25.8. The van der Waals surface area contributed by atoms with Crippen LogP contribution in [0.1, 0.15) is 51.4 Å². The number of halogens is 2. The van der Waals surface area contributed by atoms with Crippen LogP contribution in [0, 0.1) is 0 Å². The molecular weight excluding hydrogens is 439 g/mol. The Bertz CT molecular complexity index is 436. The molecule has 2 fully saturated rings. The Balaban J connectivity index is 0.00000182. The molecule has 0 amide bonds. The first-order valence-corrected chi connectivity index (χ1v) is 12.7. The first-order chi connectivity index (χ1) is 12.4. The van der Waals surface area contributed by atoms with Crippen LogP contribution < -0.4 is 0 Å². The lowest BCUT2D eigenvalue weighted by Gasteiger charge is -2.18. The van der Waals surface area contributed by atoms with E-state index in [1.807, 2.05) is 23.5 Å². The van der Waals surface area contributed by atoms with Crippen molar-refractivity contribution in [2.45, 2.75) is 60.0 Å². The number of aromatic nitrogens is 2. The van der Waals surface area contributed by atoms with E-state index in [2.05, 4.69) is 20.0 Å². The molecule has 0 saturated carbocycles. The van der Waals surface area contributed by atoms with E-state index in [9.17, 15) is 0 Å². The van der Waals surface area contributed by atoms with Crippen molar-refractivity contribution in [3.8, 4) is 0 Å². The molecule has 0 atom stereocenters. The van der Waals surface area contributed by atoms with Crippen LogP contribution in [0.25, 0.3) is 0 Å². The highest BCUT2D eigenvalue weighted by Gasteiger charge is 2.12. The molecule has 27 heavy (non-hydrogen) atoms. The van der Waals surface area contributed by atoms with Gasteiger partial charge in [-0.2, -0.15) is 0 Å². The Kier molecular flexibility index (Phi) is 14.9. The number of nitrogens with zero attached hydrogens (tertiary/aromatic N) is 4. The Hall–Kier alpha value is 0.760. The van der Waals surface area contributed by atoms with Crippen molar-refractivity contribution >= 4 is 59.7 Å². The summed E-state index contributed by atoms with van der Waals surface area (Å²) in [6.45, 7) is 7.54. The Morgan fingerprint density at radius 2 is 1.00 bits per heavy atom. The van der Waals surface area contributed by atoms with Crippen molar-refractivity contribution in [3.05, 3.63) is 0 Å². The molecule has 3 rings (SSSR count). The number of rotatable bonds is 8. The largest absolute Gasteiger partial charge is 0.303 e. The van der Waals surface area contributed by atoms with Crippen LogP contribution in [-0.4, -0.2) is 70.8 Å². The number of hydrogen-bond donors (Lipinski definition) is 0. The molecule has 1 aromatic rings. The third-order valence-corrected chi connectivity index (χ3v) is 8.20. The summed E-state index contributed by atoms with van der Waals surface area (Å²) in [4.78, 5) is 5.25. The maximum atomic E-state index is 4.38. The molecule has 0 aromatic carbocycles. The van der Waals surface area contributed by atoms with Crippen LogP contribution in [0.5, 0.6) is 0 Å². The molecule has 1 aromatic heterocycles. The normalized spacial score (nSPS) is 19.6. The van der Waals surface area contributed by atoms with Crippen LogP contribution in [0.15, 0.2) is 8.68 Å². The minimum absolute atomic E-state index is 0. The molecule has 3 heterocycles. The van der Waals surface area contributed by atoms with Crippen LogP contribution >= 0.6 is 59.7 Å². The maximum absolute atomic E-state index is 4.38. The molecular formula is C18H34Cl2N4S3. The second-order valence-corrected chi connectivity index (χ2v) is 10.7. The van der Waals surface area contributed by atoms with E-state index in [-0.39, 0.29) is 24.8 Å². The van der Waals surface area contributed by atoms with Gasteiger partial charge in [0.1, 0.15) is 0 Å². The fraction of sp³-hybridized carbons (Fsp3) is 0.889. The summed E-state index contributed by atoms with van der Waals surface area (Å²) in [7, 11) is 0. The zero-order valence-electron chi connectivity index (χ0n) is 16.1. The summed E-state index contributed by atoms with van der Waals surface area (Å²) in [5.41, 5.74) is 0. The molecule has 2 aliphatic heterocycles. The monoisotopic (exact) mass is 472 g/mol. The Labute approximate surface area is 189 Å². The predicted molar refractivity (Wildman–Crippen MR) is 126 cm³/mol. The topological polar surface area (TPSA) is 32.3 Å². The molecule has 0 bridgehead atoms. The zero-order valence-corrected chi connectivity index (χ0v) is 20.2. The van der Waals surface area contributed by atoms with E-state index in [4.69, 9.17) is 0 Å². The van der Waals surface area contributed by atoms with Crippen molar-refractivity contribution < 1.29 is 0 Å². The average Bonchev–Trinajstić information content (AvgIpc) is 2.83. The average molecular weight is 474 g/mol. The maximum Gasteiger partial charge on any atom is 0.175 e. The van der Waals surface area contributed by atoms with Gasteiger partial charge in [0.15, 0.2) is 8.68 Å². The highest BCUT2D eigenvalue weighted by Crippen LogP contribution is 2.29. The summed E-state index contributed by atoms with van der Waals surface area (Å²) in [5, 5.41) is 8.75. The van der Waals surface area contributed by atoms with Crippen molar-refractivity contribution in [2.75, 3.05) is 50.8 Å². The standard InChI is InChI=1S/C18H32N4S3.2ClH/c1-2-6-10-21(9-5-1)13-15-23-17-19-20-18(25-17)24-16-14-22-11-7-3-4-8-12-22;;/h1-16H2;2*1H. The lowest BCUT2D eigenvalue weighted by Crippen LogP contribution is -2.26. The van der Waals surface area contributed by atoms with Crippen LogP contribution in [0.4, 0.5) is 0 Å². The van der Waals surface area contributed by atoms with Gasteiger partial charge in [-0.15, -0.1) is 35.0 Å². The molecule has 0 N–H and O–H groups in total. The summed E-state index contributed by atoms with van der Waals surface area (Å²) in [6, 6.07) is 0. The predicted octanol–water partition coefficient (Wildman–Crippen LogP) is 5.32. The summed E-state index contributed by atoms with van der Waals surface area (Å²) in [5.74, 6) is 2.29. The molecule has 0 aliphatic carbocycles. The lowest BCUT2D eigenvalue weighted by molar-refractivity contribution is 0.303. The minimum Gasteiger partial charge on any atom is -0.303 e. The molecule has 2 saturated heterocycles. The van der Waals surface area contributed by atoms with Gasteiger partial charge in [-0.1, -0.05) is 60.5 Å². The molecule has 0 spiro atoms. The zero-order chi connectivity index (χ0) is 17.2. The van der Waals surface area contributed by atoms with Crippen molar-refractivity contribution in [1.29, 1.82) is 0 Å². The molecule has 0 radical (unpaired) electrons. The Morgan fingerprint density at radius 3 is 1.37 bits per heavy atom. The van der Waals surface area contributed by atoms with Crippen molar-refractivity contribution in [3.63, 3.8) is 0 Å². The van der Waals surface area contributed by atoms with Gasteiger partial charge in [-0.05, 0) is 51.9 Å². The first-order valence-electron chi connectivity index (χ1n) is 9.94. The van der Waals surface area contributed by atoms with Crippen LogP contribution in [-0.2, 0) is 0 Å². The number of hydrogen-bond acceptors (Lipinski definition) is 7. The molecule has 9 heteroatoms. The van der Waals surface area contributed by atoms with E-state index < -0.39 is 0 Å². The molecule has 2 aliphatic rings. The minimum atomic E-state index is 0. The SMILES string of the molecule is C1CCCN(CCSc2nnc(SCCN3CCCCCC3)s2)CC1.Cl.Cl. The van der Waals surface area contributed by atoms with Gasteiger partial charge in [0.2, 0.25) is 0 Å². The van der Waals surface area contributed by atoms with E-state index >= 15 is 0 Å². The van der Waals surface area contributed by atoms with E-state index in [0.29, 0.717) is 0 Å². The van der Waals surface area contributed by atoms with Gasteiger partial charge in [0.25, 0.3) is 0 Å². The van der Waals surface area contributed by atoms with Gasteiger partial charge in [0, 0.05) is 24.6 Å². The lowest BCUT2D eigenvalue weighted by atomic mass is 10.2. The van der Waals surface area contributed by atoms with Crippen LogP contribution in [0.3, 0.4) is 0 Å². The highest BCUT2D eigenvalue weighted by atomic mass is 35.5. The smallest absolute Gasteiger partial charge is 0.175 e. The molecule has 4 nitrogen and oxygen atoms in total. The van der Waals surface area contributed by atoms with Gasteiger partial charge in [-0.25, -0.2) is 0 Å². The van der Waals surface area contributed by atoms with Crippen molar-refractivity contribution in [1.82, 2.24) is 20.0 Å². The quantitative estimate of drug-likeness (QED) is 0.476. The third-order valence-electron chi connectivity index (χ3n) is 5.05. The third kappa shape index (κ3) is 10.4. The van der Waals surface area contributed by atoms with Gasteiger partial charge < -0.3 is 9.80 Å². The van der Waals surface area contributed by atoms with E-state index in [0.717, 1.165) is 20.2 Å². The van der Waals surface area contributed by atoms with E-state index in [1.165, 1.54) is 90.6 Å². The van der Waals surface area contributed by atoms with Gasteiger partial charge in [-0.3, -0.25) is 0 Å². The number of thioether (sulfide) groups is 2. The second-order valence-electron chi connectivity index (χ2n) is 7.04. The summed E-state index contributed by atoms with van der Waals surface area (Å²) in [6.07, 6.45) is 11.2.